The van der Waals surface area contributed by atoms with E-state index in [4.69, 9.17) is 4.74 Å². The standard InChI is InChI=1S/C16H23NO3/c1-5-20-15(19)13(14(18)17-16(2,3)4)11-12-9-7-6-8-10-12/h6-7,9,11H,5,8,10H2,1-4H3,(H,17,18)/b13-11+. The number of amides is 1. The summed E-state index contributed by atoms with van der Waals surface area (Å²) in [5.74, 6) is -0.976. The Morgan fingerprint density at radius 3 is 2.60 bits per heavy atom. The molecule has 0 saturated heterocycles. The van der Waals surface area contributed by atoms with Gasteiger partial charge in [0, 0.05) is 5.54 Å². The Morgan fingerprint density at radius 2 is 2.10 bits per heavy atom. The van der Waals surface area contributed by atoms with E-state index in [9.17, 15) is 9.59 Å². The molecule has 0 saturated carbocycles. The SMILES string of the molecule is CCOC(=O)/C(=C/C1=CC=CCC1)C(=O)NC(C)(C)C. The number of rotatable bonds is 4. The average Bonchev–Trinajstić information content (AvgIpc) is 2.35. The summed E-state index contributed by atoms with van der Waals surface area (Å²) in [4.78, 5) is 24.2. The molecule has 0 radical (unpaired) electrons. The van der Waals surface area contributed by atoms with Crippen LogP contribution in [0.3, 0.4) is 0 Å². The third-order valence-electron chi connectivity index (χ3n) is 2.60. The summed E-state index contributed by atoms with van der Waals surface area (Å²) in [6.45, 7) is 7.58. The first-order valence-corrected chi connectivity index (χ1v) is 6.90. The summed E-state index contributed by atoms with van der Waals surface area (Å²) < 4.78 is 4.97. The van der Waals surface area contributed by atoms with Gasteiger partial charge in [0.05, 0.1) is 6.61 Å². The maximum absolute atomic E-state index is 12.2. The van der Waals surface area contributed by atoms with Crippen LogP contribution in [0.4, 0.5) is 0 Å². The first-order valence-electron chi connectivity index (χ1n) is 6.90. The van der Waals surface area contributed by atoms with Crippen LogP contribution >= 0.6 is 0 Å². The van der Waals surface area contributed by atoms with Crippen molar-refractivity contribution < 1.29 is 14.3 Å². The van der Waals surface area contributed by atoms with Gasteiger partial charge < -0.3 is 10.1 Å². The molecule has 1 aliphatic rings. The van der Waals surface area contributed by atoms with Gasteiger partial charge in [0.25, 0.3) is 5.91 Å². The van der Waals surface area contributed by atoms with Crippen molar-refractivity contribution in [3.05, 3.63) is 35.5 Å². The molecular weight excluding hydrogens is 254 g/mol. The Balaban J connectivity index is 2.98. The minimum atomic E-state index is -0.579. The van der Waals surface area contributed by atoms with E-state index in [0.29, 0.717) is 0 Å². The number of carbonyl (C=O) groups is 2. The predicted molar refractivity (Wildman–Crippen MR) is 79.1 cm³/mol. The average molecular weight is 277 g/mol. The van der Waals surface area contributed by atoms with Crippen molar-refractivity contribution in [3.63, 3.8) is 0 Å². The topological polar surface area (TPSA) is 55.4 Å². The fourth-order valence-corrected chi connectivity index (χ4v) is 1.76. The van der Waals surface area contributed by atoms with Crippen molar-refractivity contribution in [2.75, 3.05) is 6.61 Å². The molecule has 1 N–H and O–H groups in total. The van der Waals surface area contributed by atoms with Crippen molar-refractivity contribution >= 4 is 11.9 Å². The van der Waals surface area contributed by atoms with Crippen molar-refractivity contribution in [1.82, 2.24) is 5.32 Å². The lowest BCUT2D eigenvalue weighted by atomic mass is 10.0. The van der Waals surface area contributed by atoms with Gasteiger partial charge in [0.2, 0.25) is 0 Å². The van der Waals surface area contributed by atoms with Crippen LogP contribution in [0.15, 0.2) is 35.5 Å². The zero-order valence-corrected chi connectivity index (χ0v) is 12.7. The Bertz CT molecular complexity index is 465. The second kappa shape index (κ2) is 7.08. The monoisotopic (exact) mass is 277 g/mol. The van der Waals surface area contributed by atoms with E-state index < -0.39 is 17.4 Å². The molecule has 0 aromatic heterocycles. The van der Waals surface area contributed by atoms with Gasteiger partial charge in [-0.2, -0.15) is 0 Å². The Morgan fingerprint density at radius 1 is 1.40 bits per heavy atom. The number of hydrogen-bond donors (Lipinski definition) is 1. The second-order valence-corrected chi connectivity index (χ2v) is 5.69. The van der Waals surface area contributed by atoms with E-state index in [-0.39, 0.29) is 12.2 Å². The molecule has 0 aromatic carbocycles. The third kappa shape index (κ3) is 5.43. The Hall–Kier alpha value is -1.84. The number of nitrogens with one attached hydrogen (secondary N) is 1. The van der Waals surface area contributed by atoms with Crippen molar-refractivity contribution in [2.45, 2.75) is 46.1 Å². The molecule has 0 bridgehead atoms. The second-order valence-electron chi connectivity index (χ2n) is 5.69. The Kier molecular flexibility index (Phi) is 5.74. The molecule has 0 atom stereocenters. The highest BCUT2D eigenvalue weighted by molar-refractivity contribution is 6.16. The molecule has 0 spiro atoms. The largest absolute Gasteiger partial charge is 0.462 e. The fraction of sp³-hybridized carbons (Fsp3) is 0.500. The third-order valence-corrected chi connectivity index (χ3v) is 2.60. The summed E-state index contributed by atoms with van der Waals surface area (Å²) in [7, 11) is 0. The molecule has 4 nitrogen and oxygen atoms in total. The van der Waals surface area contributed by atoms with E-state index in [1.54, 1.807) is 13.0 Å². The van der Waals surface area contributed by atoms with Crippen molar-refractivity contribution in [1.29, 1.82) is 0 Å². The van der Waals surface area contributed by atoms with Crippen LogP contribution in [0, 0.1) is 0 Å². The molecule has 0 aliphatic heterocycles. The lowest BCUT2D eigenvalue weighted by Gasteiger charge is -2.21. The number of esters is 1. The van der Waals surface area contributed by atoms with Crippen LogP contribution < -0.4 is 5.32 Å². The minimum Gasteiger partial charge on any atom is -0.462 e. The fourth-order valence-electron chi connectivity index (χ4n) is 1.76. The van der Waals surface area contributed by atoms with Crippen LogP contribution in [0.1, 0.15) is 40.5 Å². The first kappa shape index (κ1) is 16.2. The summed E-state index contributed by atoms with van der Waals surface area (Å²) >= 11 is 0. The maximum Gasteiger partial charge on any atom is 0.343 e. The van der Waals surface area contributed by atoms with E-state index in [0.717, 1.165) is 18.4 Å². The summed E-state index contributed by atoms with van der Waals surface area (Å²) in [5, 5.41) is 2.79. The number of allylic oxidation sites excluding steroid dienone is 5. The number of ether oxygens (including phenoxy) is 1. The molecule has 20 heavy (non-hydrogen) atoms. The summed E-state index contributed by atoms with van der Waals surface area (Å²) in [5.41, 5.74) is 0.617. The van der Waals surface area contributed by atoms with E-state index in [1.165, 1.54) is 0 Å². The van der Waals surface area contributed by atoms with Gasteiger partial charge in [-0.1, -0.05) is 18.2 Å². The van der Waals surface area contributed by atoms with Crippen LogP contribution in [-0.2, 0) is 14.3 Å². The lowest BCUT2D eigenvalue weighted by Crippen LogP contribution is -2.42. The van der Waals surface area contributed by atoms with Gasteiger partial charge in [-0.15, -0.1) is 0 Å². The molecule has 1 aliphatic carbocycles. The molecule has 4 heteroatoms. The minimum absolute atomic E-state index is 0.0586. The van der Waals surface area contributed by atoms with Gasteiger partial charge >= 0.3 is 5.97 Å². The normalized spacial score (nSPS) is 15.6. The maximum atomic E-state index is 12.2. The van der Waals surface area contributed by atoms with Gasteiger partial charge in [0.15, 0.2) is 0 Å². The quantitative estimate of drug-likeness (QED) is 0.372. The molecule has 0 heterocycles. The van der Waals surface area contributed by atoms with Crippen molar-refractivity contribution in [3.8, 4) is 0 Å². The van der Waals surface area contributed by atoms with Crippen LogP contribution in [0.25, 0.3) is 0 Å². The predicted octanol–water partition coefficient (Wildman–Crippen LogP) is 2.67. The van der Waals surface area contributed by atoms with Crippen LogP contribution in [0.5, 0.6) is 0 Å². The molecule has 0 unspecified atom stereocenters. The lowest BCUT2D eigenvalue weighted by molar-refractivity contribution is -0.140. The molecule has 0 aromatic rings. The summed E-state index contributed by atoms with van der Waals surface area (Å²) in [6.07, 6.45) is 9.26. The van der Waals surface area contributed by atoms with Gasteiger partial charge in [-0.05, 0) is 52.2 Å². The molecular formula is C16H23NO3. The van der Waals surface area contributed by atoms with Gasteiger partial charge in [-0.3, -0.25) is 4.79 Å². The zero-order chi connectivity index (χ0) is 15.2. The molecule has 110 valence electrons. The zero-order valence-electron chi connectivity index (χ0n) is 12.7. The molecule has 1 amide bonds. The van der Waals surface area contributed by atoms with E-state index in [2.05, 4.69) is 11.4 Å². The molecule has 0 fully saturated rings. The highest BCUT2D eigenvalue weighted by atomic mass is 16.5. The Labute approximate surface area is 120 Å². The summed E-state index contributed by atoms with van der Waals surface area (Å²) in [6, 6.07) is 0. The first-order chi connectivity index (χ1) is 9.33. The van der Waals surface area contributed by atoms with Gasteiger partial charge in [0.1, 0.15) is 5.57 Å². The number of hydrogen-bond acceptors (Lipinski definition) is 3. The van der Waals surface area contributed by atoms with E-state index >= 15 is 0 Å². The molecule has 1 rings (SSSR count). The smallest absolute Gasteiger partial charge is 0.343 e. The highest BCUT2D eigenvalue weighted by Crippen LogP contribution is 2.16. The van der Waals surface area contributed by atoms with Crippen LogP contribution in [-0.4, -0.2) is 24.0 Å². The van der Waals surface area contributed by atoms with E-state index in [1.807, 2.05) is 32.9 Å². The van der Waals surface area contributed by atoms with Crippen molar-refractivity contribution in [2.24, 2.45) is 0 Å². The highest BCUT2D eigenvalue weighted by Gasteiger charge is 2.23. The van der Waals surface area contributed by atoms with Crippen LogP contribution in [0.2, 0.25) is 0 Å². The van der Waals surface area contributed by atoms with Gasteiger partial charge in [-0.25, -0.2) is 4.79 Å². The number of carbonyl (C=O) groups excluding carboxylic acids is 2.